The van der Waals surface area contributed by atoms with E-state index < -0.39 is 6.10 Å². The predicted octanol–water partition coefficient (Wildman–Crippen LogP) is 3.06. The second-order valence-electron chi connectivity index (χ2n) is 9.00. The van der Waals surface area contributed by atoms with Crippen LogP contribution >= 0.6 is 0 Å². The van der Waals surface area contributed by atoms with Crippen LogP contribution in [-0.2, 0) is 4.79 Å². The van der Waals surface area contributed by atoms with E-state index in [1.807, 2.05) is 24.3 Å². The van der Waals surface area contributed by atoms with E-state index in [2.05, 4.69) is 33.9 Å². The number of carbonyl (C=O) groups is 1. The van der Waals surface area contributed by atoms with Gasteiger partial charge in [-0.1, -0.05) is 25.0 Å². The first-order valence-electron chi connectivity index (χ1n) is 11.8. The first-order chi connectivity index (χ1) is 16.0. The van der Waals surface area contributed by atoms with Crippen molar-refractivity contribution in [2.75, 3.05) is 18.0 Å². The molecule has 0 radical (unpaired) electrons. The summed E-state index contributed by atoms with van der Waals surface area (Å²) in [6.45, 7) is 6.38. The van der Waals surface area contributed by atoms with Gasteiger partial charge in [0.2, 0.25) is 11.9 Å². The van der Waals surface area contributed by atoms with Crippen molar-refractivity contribution in [1.29, 1.82) is 5.41 Å². The van der Waals surface area contributed by atoms with E-state index in [-0.39, 0.29) is 17.6 Å². The Labute approximate surface area is 194 Å². The number of anilines is 1. The van der Waals surface area contributed by atoms with Gasteiger partial charge in [0.05, 0.1) is 11.9 Å². The van der Waals surface area contributed by atoms with Crippen molar-refractivity contribution < 1.29 is 9.53 Å². The molecule has 33 heavy (non-hydrogen) atoms. The van der Waals surface area contributed by atoms with Crippen LogP contribution in [0.25, 0.3) is 0 Å². The number of fused-ring (bicyclic) bond motifs is 1. The maximum atomic E-state index is 13.4. The minimum Gasteiger partial charge on any atom is -0.472 e. The van der Waals surface area contributed by atoms with Gasteiger partial charge in [-0.3, -0.25) is 15.1 Å². The predicted molar refractivity (Wildman–Crippen MR) is 126 cm³/mol. The summed E-state index contributed by atoms with van der Waals surface area (Å²) in [6.07, 6.45) is 7.43. The van der Waals surface area contributed by atoms with Crippen molar-refractivity contribution in [3.05, 3.63) is 42.0 Å². The third-order valence-electron chi connectivity index (χ3n) is 6.65. The molecule has 0 spiro atoms. The molecule has 0 saturated carbocycles. The quantitative estimate of drug-likeness (QED) is 0.359. The number of carbonyl (C=O) groups excluding carboxylic acids is 1. The number of unbranched alkanes of at least 4 members (excludes halogenated alkanes) is 2. The summed E-state index contributed by atoms with van der Waals surface area (Å²) in [7, 11) is 0. The van der Waals surface area contributed by atoms with Gasteiger partial charge in [-0.05, 0) is 58.2 Å². The molecule has 9 nitrogen and oxygen atoms in total. The smallest absolute Gasteiger partial charge is 0.274 e. The molecule has 0 aliphatic carbocycles. The van der Waals surface area contributed by atoms with Crippen molar-refractivity contribution in [2.45, 2.75) is 70.6 Å². The minimum atomic E-state index is -0.941. The highest BCUT2D eigenvalue weighted by molar-refractivity contribution is 6.00. The number of benzene rings is 1. The normalized spacial score (nSPS) is 23.2. The summed E-state index contributed by atoms with van der Waals surface area (Å²) in [6, 6.07) is 8.85. The van der Waals surface area contributed by atoms with Crippen LogP contribution in [0.15, 0.2) is 30.5 Å². The molecule has 2 aliphatic rings. The van der Waals surface area contributed by atoms with Crippen LogP contribution < -0.4 is 15.4 Å². The van der Waals surface area contributed by atoms with Gasteiger partial charge in [0, 0.05) is 18.6 Å². The van der Waals surface area contributed by atoms with Gasteiger partial charge in [0.15, 0.2) is 5.84 Å². The van der Waals surface area contributed by atoms with E-state index >= 15 is 0 Å². The van der Waals surface area contributed by atoms with Crippen molar-refractivity contribution >= 4 is 17.4 Å². The topological polar surface area (TPSA) is 121 Å². The molecular weight excluding hydrogens is 418 g/mol. The Hall–Kier alpha value is -3.07. The van der Waals surface area contributed by atoms with E-state index in [9.17, 15) is 4.79 Å². The standard InChI is InChI=1S/C24H33N7O2/c1-16-9-8-10-17(2)30(16)13-6-3-7-14-31-19-11-4-5-12-20(19)33-21(24(31)32)18-15-27-29-23(28-18)22(25)26/h4-5,11-12,15-17,21H,3,6-10,13-14H2,1-2H3,(H3,25,26)/t16-,17+,21?. The fourth-order valence-corrected chi connectivity index (χ4v) is 4.85. The highest BCUT2D eigenvalue weighted by Crippen LogP contribution is 2.38. The van der Waals surface area contributed by atoms with Crippen LogP contribution in [-0.4, -0.2) is 57.0 Å². The molecule has 1 fully saturated rings. The summed E-state index contributed by atoms with van der Waals surface area (Å²) in [5, 5.41) is 15.2. The summed E-state index contributed by atoms with van der Waals surface area (Å²) >= 11 is 0. The molecule has 3 heterocycles. The number of rotatable bonds is 8. The molecule has 1 aromatic carbocycles. The van der Waals surface area contributed by atoms with Crippen molar-refractivity contribution in [2.24, 2.45) is 5.73 Å². The summed E-state index contributed by atoms with van der Waals surface area (Å²) in [5.74, 6) is 0.112. The lowest BCUT2D eigenvalue weighted by molar-refractivity contribution is -0.126. The maximum absolute atomic E-state index is 13.4. The van der Waals surface area contributed by atoms with E-state index in [4.69, 9.17) is 15.9 Å². The number of amidine groups is 1. The Morgan fingerprint density at radius 1 is 1.15 bits per heavy atom. The number of nitrogens with one attached hydrogen (secondary N) is 1. The first-order valence-corrected chi connectivity index (χ1v) is 11.8. The lowest BCUT2D eigenvalue weighted by Crippen LogP contribution is -2.44. The largest absolute Gasteiger partial charge is 0.472 e. The van der Waals surface area contributed by atoms with Crippen LogP contribution in [0, 0.1) is 5.41 Å². The number of amides is 1. The Balaban J connectivity index is 1.42. The lowest BCUT2D eigenvalue weighted by Gasteiger charge is -2.39. The van der Waals surface area contributed by atoms with E-state index in [1.165, 1.54) is 25.5 Å². The molecule has 1 unspecified atom stereocenters. The van der Waals surface area contributed by atoms with Crippen molar-refractivity contribution in [3.8, 4) is 5.75 Å². The number of nitrogens with zero attached hydrogens (tertiary/aromatic N) is 5. The minimum absolute atomic E-state index is 0.0181. The Bertz CT molecular complexity index is 988. The summed E-state index contributed by atoms with van der Waals surface area (Å²) in [4.78, 5) is 22.0. The van der Waals surface area contributed by atoms with Crippen LogP contribution in [0.4, 0.5) is 5.69 Å². The number of piperidine rings is 1. The highest BCUT2D eigenvalue weighted by atomic mass is 16.5. The zero-order valence-electron chi connectivity index (χ0n) is 19.4. The number of aromatic nitrogens is 3. The third-order valence-corrected chi connectivity index (χ3v) is 6.65. The van der Waals surface area contributed by atoms with Gasteiger partial charge in [0.25, 0.3) is 5.91 Å². The molecule has 0 bridgehead atoms. The Morgan fingerprint density at radius 2 is 1.88 bits per heavy atom. The monoisotopic (exact) mass is 451 g/mol. The number of para-hydroxylation sites is 2. The van der Waals surface area contributed by atoms with Crippen LogP contribution in [0.2, 0.25) is 0 Å². The molecule has 176 valence electrons. The summed E-state index contributed by atoms with van der Waals surface area (Å²) < 4.78 is 5.99. The molecule has 1 saturated heterocycles. The Morgan fingerprint density at radius 3 is 2.64 bits per heavy atom. The average Bonchev–Trinajstić information content (AvgIpc) is 2.81. The Kier molecular flexibility index (Phi) is 7.17. The maximum Gasteiger partial charge on any atom is 0.274 e. The zero-order valence-corrected chi connectivity index (χ0v) is 19.4. The fourth-order valence-electron chi connectivity index (χ4n) is 4.85. The van der Waals surface area contributed by atoms with Crippen LogP contribution in [0.1, 0.15) is 70.0 Å². The van der Waals surface area contributed by atoms with Gasteiger partial charge in [-0.25, -0.2) is 4.98 Å². The molecular formula is C24H33N7O2. The lowest BCUT2D eigenvalue weighted by atomic mass is 9.97. The molecule has 3 N–H and O–H groups in total. The van der Waals surface area contributed by atoms with Crippen molar-refractivity contribution in [3.63, 3.8) is 0 Å². The molecule has 2 aromatic rings. The summed E-state index contributed by atoms with van der Waals surface area (Å²) in [5.41, 5.74) is 6.56. The van der Waals surface area contributed by atoms with E-state index in [0.717, 1.165) is 31.5 Å². The number of nitrogens with two attached hydrogens (primary N) is 1. The van der Waals surface area contributed by atoms with Gasteiger partial charge in [0.1, 0.15) is 11.4 Å². The highest BCUT2D eigenvalue weighted by Gasteiger charge is 2.36. The second-order valence-corrected chi connectivity index (χ2v) is 9.00. The molecule has 4 rings (SSSR count). The van der Waals surface area contributed by atoms with E-state index in [0.29, 0.717) is 30.1 Å². The van der Waals surface area contributed by atoms with E-state index in [1.54, 1.807) is 4.90 Å². The number of nitrogen functional groups attached to an aromatic ring is 1. The average molecular weight is 452 g/mol. The number of hydrogen-bond acceptors (Lipinski definition) is 7. The van der Waals surface area contributed by atoms with Crippen LogP contribution in [0.5, 0.6) is 5.75 Å². The van der Waals surface area contributed by atoms with Gasteiger partial charge in [-0.2, -0.15) is 5.10 Å². The molecule has 9 heteroatoms. The molecule has 1 aromatic heterocycles. The number of likely N-dealkylation sites (tertiary alicyclic amines) is 1. The van der Waals surface area contributed by atoms with Gasteiger partial charge < -0.3 is 15.4 Å². The molecule has 2 aliphatic heterocycles. The van der Waals surface area contributed by atoms with Crippen molar-refractivity contribution in [1.82, 2.24) is 20.1 Å². The zero-order chi connectivity index (χ0) is 23.4. The number of hydrogen-bond donors (Lipinski definition) is 2. The second kappa shape index (κ2) is 10.2. The number of ether oxygens (including phenoxy) is 1. The SMILES string of the molecule is C[C@@H]1CCC[C@H](C)N1CCCCCN1C(=O)C(c2cnnc(C(=N)N)n2)Oc2ccccc21. The van der Waals surface area contributed by atoms with Gasteiger partial charge in [-0.15, -0.1) is 5.10 Å². The van der Waals surface area contributed by atoms with Crippen LogP contribution in [0.3, 0.4) is 0 Å². The molecule has 1 amide bonds. The third kappa shape index (κ3) is 5.13. The fraction of sp³-hybridized carbons (Fsp3) is 0.542. The first kappa shape index (κ1) is 23.1. The molecule has 3 atom stereocenters. The van der Waals surface area contributed by atoms with Gasteiger partial charge >= 0.3 is 0 Å².